The Labute approximate surface area is 176 Å². The van der Waals surface area contributed by atoms with Crippen LogP contribution in [0.5, 0.6) is 17.2 Å². The molecule has 0 saturated carbocycles. The molecule has 0 saturated heterocycles. The maximum atomic E-state index is 6.29. The summed E-state index contributed by atoms with van der Waals surface area (Å²) >= 11 is 6.29. The highest BCUT2D eigenvalue weighted by molar-refractivity contribution is 6.30. The van der Waals surface area contributed by atoms with Gasteiger partial charge in [0, 0.05) is 17.1 Å². The lowest BCUT2D eigenvalue weighted by Gasteiger charge is -2.29. The zero-order valence-electron chi connectivity index (χ0n) is 16.6. The smallest absolute Gasteiger partial charge is 0.162 e. The van der Waals surface area contributed by atoms with Gasteiger partial charge < -0.3 is 19.5 Å². The standard InChI is InChI=1S/C24H24ClNO3/c1-27-21-9-8-18(25)13-20(21)24-19-14-23(29-15-16-6-4-3-5-7-16)22(28-2)12-17(19)10-11-26-24/h3-9,12-14,24,26H,10-11,15H2,1-2H3. The van der Waals surface area contributed by atoms with E-state index in [1.54, 1.807) is 14.2 Å². The fourth-order valence-corrected chi connectivity index (χ4v) is 3.96. The molecule has 1 aliphatic rings. The molecule has 150 valence electrons. The Morgan fingerprint density at radius 2 is 1.69 bits per heavy atom. The molecule has 3 aromatic carbocycles. The molecule has 1 atom stereocenters. The van der Waals surface area contributed by atoms with Crippen molar-refractivity contribution < 1.29 is 14.2 Å². The van der Waals surface area contributed by atoms with Crippen LogP contribution in [0.2, 0.25) is 5.02 Å². The molecule has 1 aliphatic heterocycles. The van der Waals surface area contributed by atoms with Crippen LogP contribution < -0.4 is 19.5 Å². The monoisotopic (exact) mass is 409 g/mol. The topological polar surface area (TPSA) is 39.7 Å². The van der Waals surface area contributed by atoms with Gasteiger partial charge in [-0.1, -0.05) is 41.9 Å². The highest BCUT2D eigenvalue weighted by Crippen LogP contribution is 2.40. The maximum absolute atomic E-state index is 6.29. The van der Waals surface area contributed by atoms with Crippen LogP contribution in [0.3, 0.4) is 0 Å². The largest absolute Gasteiger partial charge is 0.496 e. The fraction of sp³-hybridized carbons (Fsp3) is 0.250. The summed E-state index contributed by atoms with van der Waals surface area (Å²) < 4.78 is 17.3. The lowest BCUT2D eigenvalue weighted by Crippen LogP contribution is -2.31. The number of rotatable bonds is 6. The summed E-state index contributed by atoms with van der Waals surface area (Å²) in [4.78, 5) is 0. The van der Waals surface area contributed by atoms with Crippen LogP contribution >= 0.6 is 11.6 Å². The quantitative estimate of drug-likeness (QED) is 0.609. The molecule has 5 heteroatoms. The molecule has 4 rings (SSSR count). The number of halogens is 1. The van der Waals surface area contributed by atoms with Crippen molar-refractivity contribution in [2.75, 3.05) is 20.8 Å². The van der Waals surface area contributed by atoms with Crippen molar-refractivity contribution in [3.63, 3.8) is 0 Å². The van der Waals surface area contributed by atoms with Crippen molar-refractivity contribution in [1.29, 1.82) is 0 Å². The van der Waals surface area contributed by atoms with Crippen molar-refractivity contribution in [3.8, 4) is 17.2 Å². The third-order valence-electron chi connectivity index (χ3n) is 5.22. The molecule has 0 aromatic heterocycles. The highest BCUT2D eigenvalue weighted by atomic mass is 35.5. The van der Waals surface area contributed by atoms with Crippen LogP contribution in [0.4, 0.5) is 0 Å². The van der Waals surface area contributed by atoms with Crippen LogP contribution in [-0.2, 0) is 13.0 Å². The Bertz CT molecular complexity index is 991. The van der Waals surface area contributed by atoms with Crippen molar-refractivity contribution >= 4 is 11.6 Å². The third-order valence-corrected chi connectivity index (χ3v) is 5.45. The second-order valence-corrected chi connectivity index (χ2v) is 7.44. The van der Waals surface area contributed by atoms with Gasteiger partial charge in [0.05, 0.1) is 20.3 Å². The maximum Gasteiger partial charge on any atom is 0.162 e. The van der Waals surface area contributed by atoms with E-state index in [-0.39, 0.29) is 6.04 Å². The Morgan fingerprint density at radius 1 is 0.897 bits per heavy atom. The number of nitrogens with one attached hydrogen (secondary N) is 1. The average molecular weight is 410 g/mol. The van der Waals surface area contributed by atoms with Crippen LogP contribution in [0, 0.1) is 0 Å². The zero-order valence-corrected chi connectivity index (χ0v) is 17.3. The first kappa shape index (κ1) is 19.6. The van der Waals surface area contributed by atoms with Gasteiger partial charge in [0.2, 0.25) is 0 Å². The molecule has 1 unspecified atom stereocenters. The first-order valence-electron chi connectivity index (χ1n) is 9.64. The van der Waals surface area contributed by atoms with E-state index < -0.39 is 0 Å². The molecule has 0 aliphatic carbocycles. The summed E-state index contributed by atoms with van der Waals surface area (Å²) in [5.41, 5.74) is 4.51. The molecule has 0 bridgehead atoms. The highest BCUT2D eigenvalue weighted by Gasteiger charge is 2.26. The number of hydrogen-bond donors (Lipinski definition) is 1. The Hall–Kier alpha value is -2.69. The van der Waals surface area contributed by atoms with E-state index in [0.29, 0.717) is 11.6 Å². The summed E-state index contributed by atoms with van der Waals surface area (Å²) in [6, 6.07) is 20.0. The molecule has 29 heavy (non-hydrogen) atoms. The minimum absolute atomic E-state index is 0.0302. The fourth-order valence-electron chi connectivity index (χ4n) is 3.78. The van der Waals surface area contributed by atoms with Crippen molar-refractivity contribution in [2.24, 2.45) is 0 Å². The predicted molar refractivity (Wildman–Crippen MR) is 115 cm³/mol. The van der Waals surface area contributed by atoms with Gasteiger partial charge in [-0.05, 0) is 53.4 Å². The molecule has 0 radical (unpaired) electrons. The van der Waals surface area contributed by atoms with E-state index in [0.717, 1.165) is 46.9 Å². The van der Waals surface area contributed by atoms with E-state index in [4.69, 9.17) is 25.8 Å². The lowest BCUT2D eigenvalue weighted by atomic mass is 9.89. The second-order valence-electron chi connectivity index (χ2n) is 7.00. The molecule has 1 N–H and O–H groups in total. The summed E-state index contributed by atoms with van der Waals surface area (Å²) in [5, 5.41) is 4.28. The number of hydrogen-bond acceptors (Lipinski definition) is 4. The minimum Gasteiger partial charge on any atom is -0.496 e. The first-order chi connectivity index (χ1) is 14.2. The molecule has 0 fully saturated rings. The summed E-state index contributed by atoms with van der Waals surface area (Å²) in [7, 11) is 3.36. The molecular formula is C24H24ClNO3. The van der Waals surface area contributed by atoms with E-state index >= 15 is 0 Å². The Morgan fingerprint density at radius 3 is 2.45 bits per heavy atom. The Kier molecular flexibility index (Phi) is 5.93. The van der Waals surface area contributed by atoms with E-state index in [1.165, 1.54) is 5.56 Å². The number of methoxy groups -OCH3 is 2. The molecule has 1 heterocycles. The average Bonchev–Trinajstić information content (AvgIpc) is 2.77. The number of fused-ring (bicyclic) bond motifs is 1. The van der Waals surface area contributed by atoms with Crippen LogP contribution in [0.15, 0.2) is 60.7 Å². The van der Waals surface area contributed by atoms with Gasteiger partial charge in [0.1, 0.15) is 12.4 Å². The van der Waals surface area contributed by atoms with Gasteiger partial charge in [-0.15, -0.1) is 0 Å². The molecular weight excluding hydrogens is 386 g/mol. The zero-order chi connectivity index (χ0) is 20.2. The predicted octanol–water partition coefficient (Wildman–Crippen LogP) is 5.17. The van der Waals surface area contributed by atoms with Gasteiger partial charge in [-0.25, -0.2) is 0 Å². The lowest BCUT2D eigenvalue weighted by molar-refractivity contribution is 0.283. The number of ether oxygens (including phenoxy) is 3. The van der Waals surface area contributed by atoms with Gasteiger partial charge >= 0.3 is 0 Å². The van der Waals surface area contributed by atoms with E-state index in [9.17, 15) is 0 Å². The van der Waals surface area contributed by atoms with Crippen molar-refractivity contribution in [2.45, 2.75) is 19.1 Å². The first-order valence-corrected chi connectivity index (χ1v) is 10.0. The summed E-state index contributed by atoms with van der Waals surface area (Å²) in [5.74, 6) is 2.28. The summed E-state index contributed by atoms with van der Waals surface area (Å²) in [6.45, 7) is 1.34. The number of benzene rings is 3. The van der Waals surface area contributed by atoms with Gasteiger partial charge in [0.25, 0.3) is 0 Å². The van der Waals surface area contributed by atoms with E-state index in [2.05, 4.69) is 17.4 Å². The third kappa shape index (κ3) is 4.19. The van der Waals surface area contributed by atoms with E-state index in [1.807, 2.05) is 48.5 Å². The Balaban J connectivity index is 1.72. The second kappa shape index (κ2) is 8.76. The molecule has 4 nitrogen and oxygen atoms in total. The van der Waals surface area contributed by atoms with Crippen LogP contribution in [-0.4, -0.2) is 20.8 Å². The molecule has 0 spiro atoms. The normalized spacial score (nSPS) is 15.5. The van der Waals surface area contributed by atoms with Gasteiger partial charge in [0.15, 0.2) is 11.5 Å². The van der Waals surface area contributed by atoms with Gasteiger partial charge in [-0.3, -0.25) is 0 Å². The summed E-state index contributed by atoms with van der Waals surface area (Å²) in [6.07, 6.45) is 0.921. The van der Waals surface area contributed by atoms with Crippen LogP contribution in [0.1, 0.15) is 28.3 Å². The molecule has 0 amide bonds. The van der Waals surface area contributed by atoms with Gasteiger partial charge in [-0.2, -0.15) is 0 Å². The minimum atomic E-state index is -0.0302. The van der Waals surface area contributed by atoms with Crippen molar-refractivity contribution in [3.05, 3.63) is 87.9 Å². The van der Waals surface area contributed by atoms with Crippen molar-refractivity contribution in [1.82, 2.24) is 5.32 Å². The van der Waals surface area contributed by atoms with Crippen LogP contribution in [0.25, 0.3) is 0 Å². The molecule has 3 aromatic rings. The SMILES string of the molecule is COc1cc2c(cc1OCc1ccccc1)C(c1cc(Cl)ccc1OC)NCC2.